The van der Waals surface area contributed by atoms with Gasteiger partial charge in [-0.25, -0.2) is 0 Å². The largest absolute Gasteiger partial charge is 0.307 e. The van der Waals surface area contributed by atoms with Crippen LogP contribution in [0.1, 0.15) is 57.2 Å². The molecule has 0 bridgehead atoms. The minimum absolute atomic E-state index is 0.576. The van der Waals surface area contributed by atoms with Crippen molar-refractivity contribution in [2.24, 2.45) is 5.92 Å². The van der Waals surface area contributed by atoms with Gasteiger partial charge in [-0.15, -0.1) is 0 Å². The summed E-state index contributed by atoms with van der Waals surface area (Å²) in [6.45, 7) is 6.91. The van der Waals surface area contributed by atoms with E-state index in [0.717, 1.165) is 0 Å². The van der Waals surface area contributed by atoms with Crippen LogP contribution in [0.25, 0.3) is 0 Å². The molecule has 94 valence electrons. The number of benzene rings is 1. The van der Waals surface area contributed by atoms with Crippen molar-refractivity contribution in [3.63, 3.8) is 0 Å². The van der Waals surface area contributed by atoms with Gasteiger partial charge in [-0.2, -0.15) is 0 Å². The molecular weight excluding hydrogens is 206 g/mol. The van der Waals surface area contributed by atoms with Crippen LogP contribution in [-0.4, -0.2) is 6.04 Å². The SMILES string of the molecule is CCC(NC1CCCc2ccccc21)C(C)C. The predicted octanol–water partition coefficient (Wildman–Crippen LogP) is 4.09. The zero-order valence-corrected chi connectivity index (χ0v) is 11.4. The van der Waals surface area contributed by atoms with Crippen LogP contribution >= 0.6 is 0 Å². The molecule has 2 unspecified atom stereocenters. The van der Waals surface area contributed by atoms with E-state index in [1.54, 1.807) is 5.56 Å². The summed E-state index contributed by atoms with van der Waals surface area (Å²) >= 11 is 0. The van der Waals surface area contributed by atoms with E-state index < -0.39 is 0 Å². The van der Waals surface area contributed by atoms with Crippen LogP contribution in [0.15, 0.2) is 24.3 Å². The average molecular weight is 231 g/mol. The molecule has 0 fully saturated rings. The van der Waals surface area contributed by atoms with E-state index in [4.69, 9.17) is 0 Å². The van der Waals surface area contributed by atoms with Gasteiger partial charge in [0.25, 0.3) is 0 Å². The van der Waals surface area contributed by atoms with E-state index in [9.17, 15) is 0 Å². The van der Waals surface area contributed by atoms with Crippen LogP contribution in [0, 0.1) is 5.92 Å². The lowest BCUT2D eigenvalue weighted by Gasteiger charge is -2.32. The Balaban J connectivity index is 2.13. The van der Waals surface area contributed by atoms with Crippen molar-refractivity contribution in [2.75, 3.05) is 0 Å². The zero-order chi connectivity index (χ0) is 12.3. The Morgan fingerprint density at radius 1 is 1.29 bits per heavy atom. The number of nitrogens with one attached hydrogen (secondary N) is 1. The Bertz CT molecular complexity index is 356. The van der Waals surface area contributed by atoms with Crippen LogP contribution in [0.3, 0.4) is 0 Å². The normalized spacial score (nSPS) is 21.3. The number of aryl methyl sites for hydroxylation is 1. The Kier molecular flexibility index (Phi) is 4.22. The highest BCUT2D eigenvalue weighted by atomic mass is 15.0. The van der Waals surface area contributed by atoms with Crippen molar-refractivity contribution in [3.8, 4) is 0 Å². The van der Waals surface area contributed by atoms with Crippen LogP contribution in [-0.2, 0) is 6.42 Å². The first-order valence-electron chi connectivity index (χ1n) is 7.06. The van der Waals surface area contributed by atoms with Gasteiger partial charge in [0.15, 0.2) is 0 Å². The van der Waals surface area contributed by atoms with Gasteiger partial charge in [0.1, 0.15) is 0 Å². The Morgan fingerprint density at radius 3 is 2.76 bits per heavy atom. The molecule has 0 saturated heterocycles. The van der Waals surface area contributed by atoms with E-state index in [1.165, 1.54) is 31.2 Å². The van der Waals surface area contributed by atoms with Crippen molar-refractivity contribution in [3.05, 3.63) is 35.4 Å². The van der Waals surface area contributed by atoms with E-state index in [0.29, 0.717) is 18.0 Å². The van der Waals surface area contributed by atoms with Crippen molar-refractivity contribution >= 4 is 0 Å². The van der Waals surface area contributed by atoms with Gasteiger partial charge in [0.2, 0.25) is 0 Å². The predicted molar refractivity (Wildman–Crippen MR) is 74.2 cm³/mol. The van der Waals surface area contributed by atoms with Gasteiger partial charge >= 0.3 is 0 Å². The lowest BCUT2D eigenvalue weighted by Crippen LogP contribution is -2.37. The lowest BCUT2D eigenvalue weighted by molar-refractivity contribution is 0.325. The fourth-order valence-electron chi connectivity index (χ4n) is 2.97. The summed E-state index contributed by atoms with van der Waals surface area (Å²) in [7, 11) is 0. The van der Waals surface area contributed by atoms with Gasteiger partial charge < -0.3 is 5.32 Å². The molecule has 0 amide bonds. The maximum atomic E-state index is 3.86. The average Bonchev–Trinajstić information content (AvgIpc) is 2.35. The van der Waals surface area contributed by atoms with E-state index >= 15 is 0 Å². The Hall–Kier alpha value is -0.820. The molecule has 1 aliphatic carbocycles. The molecule has 1 nitrogen and oxygen atoms in total. The van der Waals surface area contributed by atoms with Crippen molar-refractivity contribution < 1.29 is 0 Å². The molecule has 1 heteroatoms. The third-order valence-corrected chi connectivity index (χ3v) is 4.03. The minimum atomic E-state index is 0.576. The molecule has 0 spiro atoms. The van der Waals surface area contributed by atoms with E-state index in [-0.39, 0.29) is 0 Å². The molecule has 0 aromatic heterocycles. The summed E-state index contributed by atoms with van der Waals surface area (Å²) in [5, 5.41) is 3.86. The minimum Gasteiger partial charge on any atom is -0.307 e. The second kappa shape index (κ2) is 5.68. The highest BCUT2D eigenvalue weighted by molar-refractivity contribution is 5.32. The second-order valence-corrected chi connectivity index (χ2v) is 5.57. The monoisotopic (exact) mass is 231 g/mol. The molecule has 0 radical (unpaired) electrons. The summed E-state index contributed by atoms with van der Waals surface area (Å²) in [6, 6.07) is 10.2. The molecule has 17 heavy (non-hydrogen) atoms. The van der Waals surface area contributed by atoms with Gasteiger partial charge in [0, 0.05) is 12.1 Å². The quantitative estimate of drug-likeness (QED) is 0.823. The first-order chi connectivity index (χ1) is 8.22. The maximum absolute atomic E-state index is 3.86. The molecule has 0 heterocycles. The van der Waals surface area contributed by atoms with E-state index in [2.05, 4.69) is 50.4 Å². The molecule has 1 aliphatic rings. The van der Waals surface area contributed by atoms with Crippen LogP contribution in [0.5, 0.6) is 0 Å². The number of hydrogen-bond donors (Lipinski definition) is 1. The Labute approximate surface area is 106 Å². The first-order valence-corrected chi connectivity index (χ1v) is 7.06. The van der Waals surface area contributed by atoms with Crippen molar-refractivity contribution in [2.45, 2.75) is 58.5 Å². The highest BCUT2D eigenvalue weighted by Crippen LogP contribution is 2.30. The molecule has 0 saturated carbocycles. The fraction of sp³-hybridized carbons (Fsp3) is 0.625. The van der Waals surface area contributed by atoms with Gasteiger partial charge in [0.05, 0.1) is 0 Å². The van der Waals surface area contributed by atoms with Gasteiger partial charge in [-0.05, 0) is 42.7 Å². The van der Waals surface area contributed by atoms with E-state index in [1.807, 2.05) is 0 Å². The highest BCUT2D eigenvalue weighted by Gasteiger charge is 2.22. The Morgan fingerprint density at radius 2 is 2.06 bits per heavy atom. The first kappa shape index (κ1) is 12.6. The molecule has 2 atom stereocenters. The topological polar surface area (TPSA) is 12.0 Å². The van der Waals surface area contributed by atoms with Crippen LogP contribution in [0.4, 0.5) is 0 Å². The molecule has 1 N–H and O–H groups in total. The third-order valence-electron chi connectivity index (χ3n) is 4.03. The number of fused-ring (bicyclic) bond motifs is 1. The summed E-state index contributed by atoms with van der Waals surface area (Å²) in [4.78, 5) is 0. The lowest BCUT2D eigenvalue weighted by atomic mass is 9.86. The molecule has 2 rings (SSSR count). The second-order valence-electron chi connectivity index (χ2n) is 5.57. The standard InChI is InChI=1S/C16H25N/c1-4-15(12(2)3)17-16-11-7-9-13-8-5-6-10-14(13)16/h5-6,8,10,12,15-17H,4,7,9,11H2,1-3H3. The molecule has 1 aromatic rings. The van der Waals surface area contributed by atoms with Crippen LogP contribution in [0.2, 0.25) is 0 Å². The summed E-state index contributed by atoms with van der Waals surface area (Å²) in [5.41, 5.74) is 3.09. The van der Waals surface area contributed by atoms with Gasteiger partial charge in [-0.3, -0.25) is 0 Å². The molecular formula is C16H25N. The van der Waals surface area contributed by atoms with Crippen molar-refractivity contribution in [1.82, 2.24) is 5.32 Å². The smallest absolute Gasteiger partial charge is 0.0325 e. The van der Waals surface area contributed by atoms with Crippen molar-refractivity contribution in [1.29, 1.82) is 0 Å². The molecule has 1 aromatic carbocycles. The summed E-state index contributed by atoms with van der Waals surface area (Å²) < 4.78 is 0. The number of hydrogen-bond acceptors (Lipinski definition) is 1. The zero-order valence-electron chi connectivity index (χ0n) is 11.4. The third kappa shape index (κ3) is 2.90. The molecule has 0 aliphatic heterocycles. The summed E-state index contributed by atoms with van der Waals surface area (Å²) in [5.74, 6) is 0.717. The maximum Gasteiger partial charge on any atom is 0.0325 e. The fourth-order valence-corrected chi connectivity index (χ4v) is 2.97. The van der Waals surface area contributed by atoms with Gasteiger partial charge in [-0.1, -0.05) is 45.0 Å². The summed E-state index contributed by atoms with van der Waals surface area (Å²) in [6.07, 6.45) is 5.09. The number of rotatable bonds is 4. The van der Waals surface area contributed by atoms with Crippen LogP contribution < -0.4 is 5.32 Å².